The minimum absolute atomic E-state index is 0.210. The Kier molecular flexibility index (Phi) is 2.77. The van der Waals surface area contributed by atoms with E-state index in [2.05, 4.69) is 27.6 Å². The Labute approximate surface area is 95.1 Å². The molecule has 0 bridgehead atoms. The van der Waals surface area contributed by atoms with E-state index in [4.69, 9.17) is 0 Å². The zero-order valence-corrected chi connectivity index (χ0v) is 9.40. The van der Waals surface area contributed by atoms with E-state index in [-0.39, 0.29) is 5.82 Å². The van der Waals surface area contributed by atoms with Crippen molar-refractivity contribution >= 4 is 22.6 Å². The van der Waals surface area contributed by atoms with Gasteiger partial charge >= 0.3 is 0 Å². The molecule has 1 heterocycles. The molecular weight excluding hydrogens is 292 g/mol. The first kappa shape index (κ1) is 9.58. The number of benzene rings is 1. The summed E-state index contributed by atoms with van der Waals surface area (Å²) >= 11 is 2.16. The molecule has 3 heteroatoms. The molecule has 0 spiro atoms. The summed E-state index contributed by atoms with van der Waals surface area (Å²) in [4.78, 5) is 3.96. The Morgan fingerprint density at radius 2 is 2.07 bits per heavy atom. The van der Waals surface area contributed by atoms with Crippen molar-refractivity contribution in [1.82, 2.24) is 4.98 Å². The molecule has 0 saturated heterocycles. The molecule has 2 rings (SSSR count). The van der Waals surface area contributed by atoms with Gasteiger partial charge in [0.15, 0.2) is 0 Å². The largest absolute Gasteiger partial charge is 0.264 e. The van der Waals surface area contributed by atoms with E-state index in [1.54, 1.807) is 24.5 Å². The summed E-state index contributed by atoms with van der Waals surface area (Å²) in [6.07, 6.45) is 3.34. The maximum atomic E-state index is 13.4. The van der Waals surface area contributed by atoms with E-state index >= 15 is 0 Å². The van der Waals surface area contributed by atoms with Gasteiger partial charge in [-0.2, -0.15) is 0 Å². The minimum atomic E-state index is -0.210. The van der Waals surface area contributed by atoms with E-state index in [9.17, 15) is 4.39 Å². The highest BCUT2D eigenvalue weighted by molar-refractivity contribution is 14.1. The summed E-state index contributed by atoms with van der Waals surface area (Å²) in [5.41, 5.74) is 1.41. The van der Waals surface area contributed by atoms with Crippen molar-refractivity contribution in [2.24, 2.45) is 0 Å². The molecular formula is C11H7FIN. The molecule has 0 aliphatic heterocycles. The molecule has 0 aliphatic carbocycles. The molecule has 0 unspecified atom stereocenters. The van der Waals surface area contributed by atoms with Crippen LogP contribution in [0.4, 0.5) is 4.39 Å². The second-order valence-electron chi connectivity index (χ2n) is 2.87. The number of hydrogen-bond donors (Lipinski definition) is 0. The highest BCUT2D eigenvalue weighted by Gasteiger charge is 2.04. The topological polar surface area (TPSA) is 12.9 Å². The Hall–Kier alpha value is -0.970. The zero-order chi connectivity index (χ0) is 9.97. The highest BCUT2D eigenvalue weighted by Crippen LogP contribution is 2.23. The molecule has 0 radical (unpaired) electrons. The molecule has 1 nitrogen and oxygen atoms in total. The molecule has 0 saturated carbocycles. The molecule has 70 valence electrons. The van der Waals surface area contributed by atoms with Crippen LogP contribution in [-0.4, -0.2) is 4.98 Å². The lowest BCUT2D eigenvalue weighted by molar-refractivity contribution is 0.631. The van der Waals surface area contributed by atoms with Crippen molar-refractivity contribution < 1.29 is 4.39 Å². The number of halogens is 2. The van der Waals surface area contributed by atoms with Gasteiger partial charge in [0.05, 0.1) is 0 Å². The predicted octanol–water partition coefficient (Wildman–Crippen LogP) is 3.49. The summed E-state index contributed by atoms with van der Waals surface area (Å²) in [7, 11) is 0. The van der Waals surface area contributed by atoms with E-state index in [0.29, 0.717) is 5.56 Å². The SMILES string of the molecule is Fc1ccc(I)cc1-c1cccnc1. The number of nitrogens with zero attached hydrogens (tertiary/aromatic N) is 1. The molecule has 0 fully saturated rings. The molecule has 2 aromatic rings. The van der Waals surface area contributed by atoms with Crippen molar-refractivity contribution in [3.63, 3.8) is 0 Å². The molecule has 0 atom stereocenters. The van der Waals surface area contributed by atoms with Crippen LogP contribution in [0.2, 0.25) is 0 Å². The zero-order valence-electron chi connectivity index (χ0n) is 7.24. The number of hydrogen-bond acceptors (Lipinski definition) is 1. The van der Waals surface area contributed by atoms with Crippen molar-refractivity contribution in [1.29, 1.82) is 0 Å². The third-order valence-electron chi connectivity index (χ3n) is 1.90. The van der Waals surface area contributed by atoms with Crippen LogP contribution < -0.4 is 0 Å². The maximum absolute atomic E-state index is 13.4. The minimum Gasteiger partial charge on any atom is -0.264 e. The van der Waals surface area contributed by atoms with Crippen LogP contribution in [0.3, 0.4) is 0 Å². The maximum Gasteiger partial charge on any atom is 0.131 e. The normalized spacial score (nSPS) is 10.1. The van der Waals surface area contributed by atoms with Crippen LogP contribution in [0.5, 0.6) is 0 Å². The van der Waals surface area contributed by atoms with Crippen molar-refractivity contribution in [3.8, 4) is 11.1 Å². The van der Waals surface area contributed by atoms with Gasteiger partial charge in [-0.05, 0) is 46.9 Å². The first-order chi connectivity index (χ1) is 6.77. The Morgan fingerprint density at radius 1 is 1.21 bits per heavy atom. The van der Waals surface area contributed by atoms with E-state index < -0.39 is 0 Å². The monoisotopic (exact) mass is 299 g/mol. The first-order valence-electron chi connectivity index (χ1n) is 4.13. The average Bonchev–Trinajstić information content (AvgIpc) is 2.23. The Balaban J connectivity index is 2.57. The average molecular weight is 299 g/mol. The van der Waals surface area contributed by atoms with Gasteiger partial charge in [-0.15, -0.1) is 0 Å². The summed E-state index contributed by atoms with van der Waals surface area (Å²) in [5, 5.41) is 0. The second kappa shape index (κ2) is 4.04. The highest BCUT2D eigenvalue weighted by atomic mass is 127. The molecule has 0 aliphatic rings. The summed E-state index contributed by atoms with van der Waals surface area (Å²) < 4.78 is 14.4. The summed E-state index contributed by atoms with van der Waals surface area (Å²) in [6.45, 7) is 0. The lowest BCUT2D eigenvalue weighted by Crippen LogP contribution is -1.85. The Bertz CT molecular complexity index is 442. The summed E-state index contributed by atoms with van der Waals surface area (Å²) in [5.74, 6) is -0.210. The molecule has 1 aromatic heterocycles. The Morgan fingerprint density at radius 3 is 2.79 bits per heavy atom. The lowest BCUT2D eigenvalue weighted by Gasteiger charge is -2.02. The fraction of sp³-hybridized carbons (Fsp3) is 0. The first-order valence-corrected chi connectivity index (χ1v) is 5.21. The number of pyridine rings is 1. The molecule has 0 N–H and O–H groups in total. The van der Waals surface area contributed by atoms with E-state index in [0.717, 1.165) is 9.13 Å². The van der Waals surface area contributed by atoms with Crippen LogP contribution in [0, 0.1) is 9.39 Å². The smallest absolute Gasteiger partial charge is 0.131 e. The van der Waals surface area contributed by atoms with Gasteiger partial charge in [-0.3, -0.25) is 4.98 Å². The third kappa shape index (κ3) is 1.92. The van der Waals surface area contributed by atoms with Gasteiger partial charge in [0.25, 0.3) is 0 Å². The van der Waals surface area contributed by atoms with Crippen molar-refractivity contribution in [2.45, 2.75) is 0 Å². The van der Waals surface area contributed by atoms with Crippen LogP contribution >= 0.6 is 22.6 Å². The number of rotatable bonds is 1. The molecule has 0 amide bonds. The van der Waals surface area contributed by atoms with Gasteiger partial charge in [0.2, 0.25) is 0 Å². The lowest BCUT2D eigenvalue weighted by atomic mass is 10.1. The van der Waals surface area contributed by atoms with Gasteiger partial charge in [0.1, 0.15) is 5.82 Å². The van der Waals surface area contributed by atoms with Crippen LogP contribution in [0.25, 0.3) is 11.1 Å². The fourth-order valence-electron chi connectivity index (χ4n) is 1.24. The van der Waals surface area contributed by atoms with Crippen molar-refractivity contribution in [3.05, 3.63) is 52.1 Å². The van der Waals surface area contributed by atoms with E-state index in [1.807, 2.05) is 12.1 Å². The predicted molar refractivity (Wildman–Crippen MR) is 62.3 cm³/mol. The molecule has 14 heavy (non-hydrogen) atoms. The third-order valence-corrected chi connectivity index (χ3v) is 2.57. The fourth-order valence-corrected chi connectivity index (χ4v) is 1.73. The van der Waals surface area contributed by atoms with Gasteiger partial charge in [-0.1, -0.05) is 6.07 Å². The van der Waals surface area contributed by atoms with Crippen LogP contribution in [-0.2, 0) is 0 Å². The quantitative estimate of drug-likeness (QED) is 0.735. The number of aromatic nitrogens is 1. The van der Waals surface area contributed by atoms with Crippen LogP contribution in [0.1, 0.15) is 0 Å². The van der Waals surface area contributed by atoms with Crippen LogP contribution in [0.15, 0.2) is 42.7 Å². The van der Waals surface area contributed by atoms with Gasteiger partial charge in [-0.25, -0.2) is 4.39 Å². The standard InChI is InChI=1S/C11H7FIN/c12-11-4-3-9(13)6-10(11)8-2-1-5-14-7-8/h1-7H. The van der Waals surface area contributed by atoms with Gasteiger partial charge < -0.3 is 0 Å². The van der Waals surface area contributed by atoms with Gasteiger partial charge in [0, 0.05) is 27.1 Å². The summed E-state index contributed by atoms with van der Waals surface area (Å²) in [6, 6.07) is 8.68. The second-order valence-corrected chi connectivity index (χ2v) is 4.11. The molecule has 1 aromatic carbocycles. The van der Waals surface area contributed by atoms with E-state index in [1.165, 1.54) is 6.07 Å². The van der Waals surface area contributed by atoms with Crippen molar-refractivity contribution in [2.75, 3.05) is 0 Å².